The zero-order valence-electron chi connectivity index (χ0n) is 12.3. The van der Waals surface area contributed by atoms with Crippen LogP contribution in [0, 0.1) is 17.5 Å². The van der Waals surface area contributed by atoms with E-state index >= 15 is 0 Å². The van der Waals surface area contributed by atoms with Gasteiger partial charge in [-0.1, -0.05) is 19.3 Å². The number of hydrogen-bond donors (Lipinski definition) is 3. The van der Waals surface area contributed by atoms with E-state index in [1.165, 1.54) is 0 Å². The Balaban J connectivity index is 1.93. The highest BCUT2D eigenvalue weighted by molar-refractivity contribution is 6.39. The molecule has 0 aliphatic heterocycles. The first kappa shape index (κ1) is 17.3. The molecule has 0 bridgehead atoms. The van der Waals surface area contributed by atoms with Gasteiger partial charge in [-0.2, -0.15) is 0 Å². The van der Waals surface area contributed by atoms with Crippen LogP contribution in [0.2, 0.25) is 0 Å². The van der Waals surface area contributed by atoms with Crippen molar-refractivity contribution in [3.63, 3.8) is 0 Å². The summed E-state index contributed by atoms with van der Waals surface area (Å²) in [7, 11) is 0. The Morgan fingerprint density at radius 3 is 2.35 bits per heavy atom. The van der Waals surface area contributed by atoms with E-state index in [2.05, 4.69) is 5.32 Å². The lowest BCUT2D eigenvalue weighted by Gasteiger charge is -2.31. The van der Waals surface area contributed by atoms with Gasteiger partial charge in [0, 0.05) is 6.54 Å². The van der Waals surface area contributed by atoms with Crippen LogP contribution in [0.1, 0.15) is 32.1 Å². The Morgan fingerprint density at radius 1 is 1.04 bits per heavy atom. The van der Waals surface area contributed by atoms with Crippen LogP contribution in [-0.4, -0.2) is 29.1 Å². The molecule has 1 aromatic rings. The van der Waals surface area contributed by atoms with Crippen LogP contribution in [0.4, 0.5) is 18.9 Å². The highest BCUT2D eigenvalue weighted by atomic mass is 19.2. The minimum atomic E-state index is -1.74. The summed E-state index contributed by atoms with van der Waals surface area (Å²) in [4.78, 5) is 23.3. The van der Waals surface area contributed by atoms with Crippen molar-refractivity contribution in [2.45, 2.75) is 37.7 Å². The molecule has 126 valence electrons. The monoisotopic (exact) mass is 330 g/mol. The molecule has 2 amide bonds. The third-order valence-electron chi connectivity index (χ3n) is 3.85. The van der Waals surface area contributed by atoms with E-state index in [4.69, 9.17) is 0 Å². The summed E-state index contributed by atoms with van der Waals surface area (Å²) >= 11 is 0. The lowest BCUT2D eigenvalue weighted by molar-refractivity contribution is -0.137. The topological polar surface area (TPSA) is 78.4 Å². The van der Waals surface area contributed by atoms with Crippen molar-refractivity contribution in [2.24, 2.45) is 0 Å². The maximum absolute atomic E-state index is 13.4. The molecular formula is C15H17F3N2O3. The van der Waals surface area contributed by atoms with Gasteiger partial charge in [-0.05, 0) is 25.0 Å². The summed E-state index contributed by atoms with van der Waals surface area (Å²) in [6.45, 7) is -0.0977. The van der Waals surface area contributed by atoms with Crippen LogP contribution in [0.3, 0.4) is 0 Å². The van der Waals surface area contributed by atoms with Gasteiger partial charge in [0.2, 0.25) is 0 Å². The van der Waals surface area contributed by atoms with E-state index < -0.39 is 40.6 Å². The van der Waals surface area contributed by atoms with Gasteiger partial charge in [-0.15, -0.1) is 0 Å². The molecule has 1 fully saturated rings. The molecule has 2 rings (SSSR count). The molecule has 1 aromatic carbocycles. The highest BCUT2D eigenvalue weighted by Gasteiger charge is 2.30. The molecule has 1 saturated carbocycles. The van der Waals surface area contributed by atoms with Gasteiger partial charge >= 0.3 is 11.8 Å². The quantitative estimate of drug-likeness (QED) is 0.585. The second-order valence-corrected chi connectivity index (χ2v) is 5.64. The smallest absolute Gasteiger partial charge is 0.313 e. The molecule has 0 aromatic heterocycles. The molecule has 0 spiro atoms. The third-order valence-corrected chi connectivity index (χ3v) is 3.85. The first-order valence-electron chi connectivity index (χ1n) is 7.27. The van der Waals surface area contributed by atoms with Crippen molar-refractivity contribution >= 4 is 17.5 Å². The lowest BCUT2D eigenvalue weighted by atomic mass is 9.85. The second kappa shape index (κ2) is 6.99. The van der Waals surface area contributed by atoms with E-state index in [0.29, 0.717) is 18.9 Å². The van der Waals surface area contributed by atoms with E-state index in [1.54, 1.807) is 0 Å². The third kappa shape index (κ3) is 4.22. The van der Waals surface area contributed by atoms with Gasteiger partial charge in [0.15, 0.2) is 17.5 Å². The van der Waals surface area contributed by atoms with Crippen LogP contribution in [0.5, 0.6) is 0 Å². The Bertz CT molecular complexity index is 616. The number of amides is 2. The minimum absolute atomic E-state index is 0.0977. The largest absolute Gasteiger partial charge is 0.388 e. The number of carbonyl (C=O) groups is 2. The number of anilines is 1. The molecule has 8 heteroatoms. The predicted molar refractivity (Wildman–Crippen MR) is 76.0 cm³/mol. The van der Waals surface area contributed by atoms with Gasteiger partial charge in [0.25, 0.3) is 0 Å². The molecule has 0 saturated heterocycles. The molecule has 0 unspecified atom stereocenters. The maximum Gasteiger partial charge on any atom is 0.313 e. The maximum atomic E-state index is 13.4. The minimum Gasteiger partial charge on any atom is -0.388 e. The molecule has 5 nitrogen and oxygen atoms in total. The van der Waals surface area contributed by atoms with Gasteiger partial charge in [-0.25, -0.2) is 13.2 Å². The van der Waals surface area contributed by atoms with Crippen molar-refractivity contribution < 1.29 is 27.9 Å². The van der Waals surface area contributed by atoms with Crippen LogP contribution in [-0.2, 0) is 9.59 Å². The van der Waals surface area contributed by atoms with Crippen LogP contribution < -0.4 is 10.6 Å². The number of benzene rings is 1. The zero-order valence-corrected chi connectivity index (χ0v) is 12.3. The van der Waals surface area contributed by atoms with Crippen molar-refractivity contribution in [1.29, 1.82) is 0 Å². The van der Waals surface area contributed by atoms with Crippen LogP contribution >= 0.6 is 0 Å². The van der Waals surface area contributed by atoms with Gasteiger partial charge in [-0.3, -0.25) is 9.59 Å². The molecule has 1 aliphatic carbocycles. The van der Waals surface area contributed by atoms with E-state index in [-0.39, 0.29) is 6.54 Å². The number of halogens is 3. The fourth-order valence-electron chi connectivity index (χ4n) is 2.51. The normalized spacial score (nSPS) is 16.7. The summed E-state index contributed by atoms with van der Waals surface area (Å²) < 4.78 is 39.3. The number of nitrogens with one attached hydrogen (secondary N) is 2. The Morgan fingerprint density at radius 2 is 1.70 bits per heavy atom. The Kier molecular flexibility index (Phi) is 5.25. The molecular weight excluding hydrogens is 313 g/mol. The lowest BCUT2D eigenvalue weighted by Crippen LogP contribution is -2.47. The molecule has 1 aliphatic rings. The average molecular weight is 330 g/mol. The molecule has 3 N–H and O–H groups in total. The second-order valence-electron chi connectivity index (χ2n) is 5.64. The Hall–Kier alpha value is -2.09. The SMILES string of the molecule is O=C(NCC1(O)CCCCC1)C(=O)Nc1ccc(F)c(F)c1F. The summed E-state index contributed by atoms with van der Waals surface area (Å²) in [6, 6.07) is 1.45. The molecule has 0 heterocycles. The molecule has 0 atom stereocenters. The van der Waals surface area contributed by atoms with E-state index in [1.807, 2.05) is 5.32 Å². The molecule has 0 radical (unpaired) electrons. The first-order valence-corrected chi connectivity index (χ1v) is 7.27. The summed E-state index contributed by atoms with van der Waals surface area (Å²) in [5.74, 6) is -7.04. The number of aliphatic hydroxyl groups is 1. The van der Waals surface area contributed by atoms with Crippen molar-refractivity contribution in [1.82, 2.24) is 5.32 Å². The predicted octanol–water partition coefficient (Wildman–Crippen LogP) is 1.85. The Labute approximate surface area is 130 Å². The van der Waals surface area contributed by atoms with Gasteiger partial charge < -0.3 is 15.7 Å². The van der Waals surface area contributed by atoms with Crippen molar-refractivity contribution in [3.8, 4) is 0 Å². The highest BCUT2D eigenvalue weighted by Crippen LogP contribution is 2.27. The van der Waals surface area contributed by atoms with Gasteiger partial charge in [0.05, 0.1) is 11.3 Å². The van der Waals surface area contributed by atoms with Gasteiger partial charge in [0.1, 0.15) is 0 Å². The average Bonchev–Trinajstić information content (AvgIpc) is 2.54. The number of hydrogen-bond acceptors (Lipinski definition) is 3. The van der Waals surface area contributed by atoms with Crippen LogP contribution in [0.25, 0.3) is 0 Å². The standard InChI is InChI=1S/C15H17F3N2O3/c16-9-4-5-10(12(18)11(9)17)20-14(22)13(21)19-8-15(23)6-2-1-3-7-15/h4-5,23H,1-3,6-8H2,(H,19,21)(H,20,22). The fourth-order valence-corrected chi connectivity index (χ4v) is 2.51. The van der Waals surface area contributed by atoms with E-state index in [0.717, 1.165) is 25.3 Å². The molecule has 23 heavy (non-hydrogen) atoms. The zero-order chi connectivity index (χ0) is 17.0. The number of rotatable bonds is 3. The fraction of sp³-hybridized carbons (Fsp3) is 0.467. The van der Waals surface area contributed by atoms with E-state index in [9.17, 15) is 27.9 Å². The summed E-state index contributed by atoms with van der Waals surface area (Å²) in [6.07, 6.45) is 3.71. The first-order chi connectivity index (χ1) is 10.8. The number of carbonyl (C=O) groups excluding carboxylic acids is 2. The summed E-state index contributed by atoms with van der Waals surface area (Å²) in [5, 5.41) is 14.3. The van der Waals surface area contributed by atoms with Crippen LogP contribution in [0.15, 0.2) is 12.1 Å². The van der Waals surface area contributed by atoms with Crippen molar-refractivity contribution in [3.05, 3.63) is 29.6 Å². The van der Waals surface area contributed by atoms with Crippen molar-refractivity contribution in [2.75, 3.05) is 11.9 Å². The summed E-state index contributed by atoms with van der Waals surface area (Å²) in [5.41, 5.74) is -1.69.